The van der Waals surface area contributed by atoms with Crippen LogP contribution in [0.1, 0.15) is 19.3 Å². The first-order valence-corrected chi connectivity index (χ1v) is 12.3. The monoisotopic (exact) mass is 480 g/mol. The van der Waals surface area contributed by atoms with Crippen LogP contribution in [0.2, 0.25) is 0 Å². The molecule has 35 heavy (non-hydrogen) atoms. The second kappa shape index (κ2) is 8.57. The van der Waals surface area contributed by atoms with Gasteiger partial charge in [-0.25, -0.2) is 13.8 Å². The molecular formula is C26H30F2N6O. The molecule has 0 amide bonds. The number of hydrogen-bond acceptors (Lipinski definition) is 7. The van der Waals surface area contributed by atoms with Crippen molar-refractivity contribution in [3.8, 4) is 0 Å². The molecule has 4 heterocycles. The van der Waals surface area contributed by atoms with E-state index in [1.807, 2.05) is 7.05 Å². The van der Waals surface area contributed by atoms with Gasteiger partial charge >= 0.3 is 0 Å². The number of likely N-dealkylation sites (N-methyl/N-ethyl adjacent to an activating group) is 2. The summed E-state index contributed by atoms with van der Waals surface area (Å²) in [5.74, 6) is 0.162. The average molecular weight is 481 g/mol. The van der Waals surface area contributed by atoms with E-state index in [9.17, 15) is 4.39 Å². The van der Waals surface area contributed by atoms with Crippen LogP contribution in [0, 0.1) is 11.6 Å². The van der Waals surface area contributed by atoms with Gasteiger partial charge in [-0.05, 0) is 52.2 Å². The van der Waals surface area contributed by atoms with E-state index in [1.54, 1.807) is 18.2 Å². The number of nitrogens with zero attached hydrogens (tertiary/aromatic N) is 5. The second-order valence-corrected chi connectivity index (χ2v) is 9.97. The highest BCUT2D eigenvalue weighted by molar-refractivity contribution is 6.11. The highest BCUT2D eigenvalue weighted by Crippen LogP contribution is 2.39. The topological polar surface area (TPSA) is 60.7 Å². The molecule has 2 fully saturated rings. The van der Waals surface area contributed by atoms with Gasteiger partial charge in [-0.3, -0.25) is 0 Å². The fourth-order valence-electron chi connectivity index (χ4n) is 5.34. The maximum atomic E-state index is 16.2. The summed E-state index contributed by atoms with van der Waals surface area (Å²) >= 11 is 0. The SMILES string of the molecule is CNC1CCCCN(c2nc(N3CC(N(C)C)C3)nc3c(F)c4c(cc23)oc2cccc(F)c24)C1. The lowest BCUT2D eigenvalue weighted by Gasteiger charge is -2.43. The number of rotatable bonds is 4. The number of benzene rings is 2. The van der Waals surface area contributed by atoms with Crippen LogP contribution in [-0.4, -0.2) is 74.3 Å². The first-order valence-electron chi connectivity index (χ1n) is 12.3. The minimum Gasteiger partial charge on any atom is -0.456 e. The molecule has 1 atom stereocenters. The van der Waals surface area contributed by atoms with Crippen molar-refractivity contribution in [2.24, 2.45) is 0 Å². The zero-order valence-corrected chi connectivity index (χ0v) is 20.3. The molecule has 2 aliphatic heterocycles. The fourth-order valence-corrected chi connectivity index (χ4v) is 5.34. The molecule has 2 aromatic heterocycles. The Kier molecular flexibility index (Phi) is 5.49. The zero-order valence-electron chi connectivity index (χ0n) is 20.3. The van der Waals surface area contributed by atoms with Crippen molar-refractivity contribution in [1.82, 2.24) is 20.2 Å². The van der Waals surface area contributed by atoms with Crippen molar-refractivity contribution in [2.45, 2.75) is 31.3 Å². The molecule has 0 radical (unpaired) electrons. The Hall–Kier alpha value is -3.04. The second-order valence-electron chi connectivity index (χ2n) is 9.97. The van der Waals surface area contributed by atoms with Crippen LogP contribution in [0.5, 0.6) is 0 Å². The molecule has 2 saturated heterocycles. The Bertz CT molecular complexity index is 1410. The number of nitrogens with one attached hydrogen (secondary N) is 1. The van der Waals surface area contributed by atoms with Gasteiger partial charge in [-0.1, -0.05) is 12.5 Å². The van der Waals surface area contributed by atoms with Crippen molar-refractivity contribution in [3.05, 3.63) is 35.9 Å². The Morgan fingerprint density at radius 1 is 1.03 bits per heavy atom. The molecule has 1 N–H and O–H groups in total. The largest absolute Gasteiger partial charge is 0.456 e. The summed E-state index contributed by atoms with van der Waals surface area (Å²) in [7, 11) is 6.09. The minimum absolute atomic E-state index is 0.139. The number of halogens is 2. The number of aromatic nitrogens is 2. The third-order valence-corrected chi connectivity index (χ3v) is 7.56. The van der Waals surface area contributed by atoms with Gasteiger partial charge in [0.1, 0.15) is 28.3 Å². The lowest BCUT2D eigenvalue weighted by Crippen LogP contribution is -2.58. The van der Waals surface area contributed by atoms with Gasteiger partial charge < -0.3 is 24.4 Å². The molecule has 0 bridgehead atoms. The van der Waals surface area contributed by atoms with Crippen molar-refractivity contribution < 1.29 is 13.2 Å². The summed E-state index contributed by atoms with van der Waals surface area (Å²) in [5, 5.41) is 4.29. The standard InChI is InChI=1S/C26H30F2N6O/c1-29-15-7-4-5-10-33(12-15)25-17-11-20-22(21-18(27)8-6-9-19(21)35-20)23(28)24(17)30-26(31-25)34-13-16(14-34)32(2)3/h6,8-9,11,15-16,29H,4-5,7,10,12-14H2,1-3H3. The molecule has 6 rings (SSSR count). The van der Waals surface area contributed by atoms with Gasteiger partial charge in [0.05, 0.1) is 10.8 Å². The lowest BCUT2D eigenvalue weighted by atomic mass is 10.1. The summed E-state index contributed by atoms with van der Waals surface area (Å²) in [5.41, 5.74) is 0.844. The normalized spacial score (nSPS) is 19.8. The van der Waals surface area contributed by atoms with Gasteiger partial charge in [0, 0.05) is 43.6 Å². The summed E-state index contributed by atoms with van der Waals surface area (Å²) in [6, 6.07) is 7.07. The van der Waals surface area contributed by atoms with Crippen LogP contribution < -0.4 is 15.1 Å². The van der Waals surface area contributed by atoms with Crippen LogP contribution in [0.4, 0.5) is 20.5 Å². The van der Waals surface area contributed by atoms with Crippen molar-refractivity contribution in [1.29, 1.82) is 0 Å². The van der Waals surface area contributed by atoms with Gasteiger partial charge in [0.15, 0.2) is 5.82 Å². The van der Waals surface area contributed by atoms with Crippen LogP contribution >= 0.6 is 0 Å². The maximum absolute atomic E-state index is 16.2. The summed E-state index contributed by atoms with van der Waals surface area (Å²) in [4.78, 5) is 16.2. The molecule has 4 aromatic rings. The van der Waals surface area contributed by atoms with Gasteiger partial charge in [0.2, 0.25) is 5.95 Å². The van der Waals surface area contributed by atoms with E-state index in [0.717, 1.165) is 45.4 Å². The third-order valence-electron chi connectivity index (χ3n) is 7.56. The van der Waals surface area contributed by atoms with Crippen LogP contribution in [0.25, 0.3) is 32.8 Å². The zero-order chi connectivity index (χ0) is 24.3. The van der Waals surface area contributed by atoms with Gasteiger partial charge in [-0.15, -0.1) is 0 Å². The highest BCUT2D eigenvalue weighted by atomic mass is 19.1. The van der Waals surface area contributed by atoms with Crippen LogP contribution in [0.3, 0.4) is 0 Å². The van der Waals surface area contributed by atoms with E-state index in [-0.39, 0.29) is 16.3 Å². The quantitative estimate of drug-likeness (QED) is 0.471. The predicted molar refractivity (Wildman–Crippen MR) is 135 cm³/mol. The van der Waals surface area contributed by atoms with E-state index in [2.05, 4.69) is 39.1 Å². The van der Waals surface area contributed by atoms with Gasteiger partial charge in [0.25, 0.3) is 0 Å². The van der Waals surface area contributed by atoms with E-state index in [1.165, 1.54) is 6.07 Å². The Morgan fingerprint density at radius 3 is 2.63 bits per heavy atom. The molecule has 2 aliphatic rings. The Labute approximate surface area is 202 Å². The van der Waals surface area contributed by atoms with E-state index >= 15 is 4.39 Å². The molecule has 1 unspecified atom stereocenters. The Balaban J connectivity index is 1.57. The molecule has 9 heteroatoms. The van der Waals surface area contributed by atoms with E-state index in [0.29, 0.717) is 40.4 Å². The molecule has 7 nitrogen and oxygen atoms in total. The summed E-state index contributed by atoms with van der Waals surface area (Å²) in [6.45, 7) is 3.17. The smallest absolute Gasteiger partial charge is 0.228 e. The van der Waals surface area contributed by atoms with E-state index in [4.69, 9.17) is 9.40 Å². The third kappa shape index (κ3) is 3.68. The van der Waals surface area contributed by atoms with Crippen LogP contribution in [0.15, 0.2) is 28.7 Å². The lowest BCUT2D eigenvalue weighted by molar-refractivity contribution is 0.245. The Morgan fingerprint density at radius 2 is 1.86 bits per heavy atom. The number of anilines is 2. The molecular weight excluding hydrogens is 450 g/mol. The first kappa shape index (κ1) is 22.4. The fraction of sp³-hybridized carbons (Fsp3) is 0.462. The maximum Gasteiger partial charge on any atom is 0.228 e. The molecule has 0 spiro atoms. The van der Waals surface area contributed by atoms with Crippen molar-refractivity contribution in [3.63, 3.8) is 0 Å². The minimum atomic E-state index is -0.559. The summed E-state index contributed by atoms with van der Waals surface area (Å²) in [6.07, 6.45) is 3.24. The predicted octanol–water partition coefficient (Wildman–Crippen LogP) is 4.14. The van der Waals surface area contributed by atoms with E-state index < -0.39 is 11.6 Å². The summed E-state index contributed by atoms with van der Waals surface area (Å²) < 4.78 is 36.8. The van der Waals surface area contributed by atoms with Crippen LogP contribution in [-0.2, 0) is 0 Å². The molecule has 184 valence electrons. The number of hydrogen-bond donors (Lipinski definition) is 1. The van der Waals surface area contributed by atoms with Crippen molar-refractivity contribution >= 4 is 44.6 Å². The average Bonchev–Trinajstić information content (AvgIpc) is 3.02. The number of furan rings is 1. The highest BCUT2D eigenvalue weighted by Gasteiger charge is 2.32. The molecule has 2 aromatic carbocycles. The molecule has 0 aliphatic carbocycles. The van der Waals surface area contributed by atoms with Crippen molar-refractivity contribution in [2.75, 3.05) is 57.1 Å². The van der Waals surface area contributed by atoms with Gasteiger partial charge in [-0.2, -0.15) is 4.98 Å². The number of fused-ring (bicyclic) bond motifs is 4. The first-order chi connectivity index (χ1) is 16.9. The molecule has 0 saturated carbocycles.